The molecule has 0 aromatic heterocycles. The lowest BCUT2D eigenvalue weighted by atomic mass is 9.88. The molecule has 1 unspecified atom stereocenters. The molecule has 22 heavy (non-hydrogen) atoms. The third-order valence-corrected chi connectivity index (χ3v) is 4.63. The second-order valence-electron chi connectivity index (χ2n) is 6.27. The molecule has 1 heterocycles. The molecule has 1 aliphatic heterocycles. The first kappa shape index (κ1) is 17.0. The van der Waals surface area contributed by atoms with E-state index in [0.717, 1.165) is 25.9 Å². The van der Waals surface area contributed by atoms with Crippen molar-refractivity contribution in [1.29, 1.82) is 0 Å². The summed E-state index contributed by atoms with van der Waals surface area (Å²) in [6, 6.07) is 4.47. The largest absolute Gasteiger partial charge is 0.396 e. The summed E-state index contributed by atoms with van der Waals surface area (Å²) in [4.78, 5) is 0. The summed E-state index contributed by atoms with van der Waals surface area (Å²) in [6.45, 7) is 7.34. The van der Waals surface area contributed by atoms with Crippen molar-refractivity contribution in [3.63, 3.8) is 0 Å². The quantitative estimate of drug-likeness (QED) is 0.861. The molecule has 1 aliphatic rings. The number of anilines is 1. The average Bonchev–Trinajstić information content (AvgIpc) is 2.70. The van der Waals surface area contributed by atoms with Gasteiger partial charge in [-0.1, -0.05) is 18.6 Å². The summed E-state index contributed by atoms with van der Waals surface area (Å²) in [6.07, 6.45) is 5.86. The second kappa shape index (κ2) is 7.30. The molecule has 0 saturated carbocycles. The fourth-order valence-electron chi connectivity index (χ4n) is 3.45. The summed E-state index contributed by atoms with van der Waals surface area (Å²) in [5.41, 5.74) is 6.04. The Morgan fingerprint density at radius 3 is 2.73 bits per heavy atom. The summed E-state index contributed by atoms with van der Waals surface area (Å²) in [5, 5.41) is 12.8. The number of rotatable bonds is 5. The van der Waals surface area contributed by atoms with E-state index >= 15 is 0 Å². The molecule has 1 atom stereocenters. The molecule has 3 heteroatoms. The van der Waals surface area contributed by atoms with E-state index in [1.54, 1.807) is 0 Å². The normalized spacial score (nSPS) is 22.1. The van der Waals surface area contributed by atoms with Gasteiger partial charge in [-0.25, -0.2) is 0 Å². The fourth-order valence-corrected chi connectivity index (χ4v) is 3.45. The maximum atomic E-state index is 9.43. The highest BCUT2D eigenvalue weighted by molar-refractivity contribution is 5.79. The van der Waals surface area contributed by atoms with Gasteiger partial charge in [-0.15, -0.1) is 0 Å². The van der Waals surface area contributed by atoms with Crippen LogP contribution in [0.4, 0.5) is 5.69 Å². The van der Waals surface area contributed by atoms with Gasteiger partial charge >= 0.3 is 0 Å². The first-order chi connectivity index (χ1) is 10.5. The monoisotopic (exact) mass is 303 g/mol. The van der Waals surface area contributed by atoms with Gasteiger partial charge in [0, 0.05) is 37.9 Å². The summed E-state index contributed by atoms with van der Waals surface area (Å²) < 4.78 is 6.11. The van der Waals surface area contributed by atoms with E-state index in [2.05, 4.69) is 44.3 Å². The highest BCUT2D eigenvalue weighted by atomic mass is 16.5. The Balaban J connectivity index is 2.53. The third-order valence-electron chi connectivity index (χ3n) is 4.63. The first-order valence-electron chi connectivity index (χ1n) is 8.31. The van der Waals surface area contributed by atoms with Gasteiger partial charge in [0.2, 0.25) is 0 Å². The number of ether oxygens (including phenoxy) is 1. The zero-order valence-electron chi connectivity index (χ0n) is 14.3. The first-order valence-corrected chi connectivity index (χ1v) is 8.31. The number of allylic oxidation sites excluding steroid dienone is 1. The van der Waals surface area contributed by atoms with Gasteiger partial charge in [0.05, 0.1) is 5.60 Å². The number of nitrogens with one attached hydrogen (secondary N) is 1. The van der Waals surface area contributed by atoms with Crippen LogP contribution >= 0.6 is 0 Å². The predicted molar refractivity (Wildman–Crippen MR) is 93.4 cm³/mol. The van der Waals surface area contributed by atoms with Crippen LogP contribution in [0.2, 0.25) is 0 Å². The molecule has 0 saturated heterocycles. The lowest BCUT2D eigenvalue weighted by molar-refractivity contribution is -0.0239. The van der Waals surface area contributed by atoms with Gasteiger partial charge in [-0.3, -0.25) is 0 Å². The van der Waals surface area contributed by atoms with Gasteiger partial charge in [0.25, 0.3) is 0 Å². The van der Waals surface area contributed by atoms with E-state index < -0.39 is 0 Å². The molecule has 0 radical (unpaired) electrons. The highest BCUT2D eigenvalue weighted by Crippen LogP contribution is 2.37. The van der Waals surface area contributed by atoms with Gasteiger partial charge in [0.1, 0.15) is 0 Å². The molecule has 0 fully saturated rings. The Bertz CT molecular complexity index is 551. The van der Waals surface area contributed by atoms with Crippen molar-refractivity contribution in [2.75, 3.05) is 25.6 Å². The molecule has 1 aromatic rings. The zero-order valence-corrected chi connectivity index (χ0v) is 14.3. The van der Waals surface area contributed by atoms with Crippen molar-refractivity contribution in [3.05, 3.63) is 34.9 Å². The summed E-state index contributed by atoms with van der Waals surface area (Å²) in [7, 11) is 1.98. The molecule has 2 N–H and O–H groups in total. The Hall–Kier alpha value is -1.32. The van der Waals surface area contributed by atoms with E-state index in [4.69, 9.17) is 4.74 Å². The van der Waals surface area contributed by atoms with Crippen LogP contribution in [0, 0.1) is 13.8 Å². The average molecular weight is 303 g/mol. The third kappa shape index (κ3) is 3.53. The molecule has 0 bridgehead atoms. The smallest absolute Gasteiger partial charge is 0.0887 e. The van der Waals surface area contributed by atoms with Gasteiger partial charge in [0.15, 0.2) is 0 Å². The SMILES string of the molecule is CCC1(CCO)C=C(c2cc(C)cc(C)c2NC)CCCO1. The maximum Gasteiger partial charge on any atom is 0.0887 e. The number of hydrogen-bond donors (Lipinski definition) is 2. The minimum Gasteiger partial charge on any atom is -0.396 e. The van der Waals surface area contributed by atoms with E-state index in [0.29, 0.717) is 6.42 Å². The van der Waals surface area contributed by atoms with Crippen LogP contribution in [0.3, 0.4) is 0 Å². The van der Waals surface area contributed by atoms with Crippen LogP contribution in [-0.4, -0.2) is 31.0 Å². The molecular weight excluding hydrogens is 274 g/mol. The molecular formula is C19H29NO2. The van der Waals surface area contributed by atoms with Crippen LogP contribution in [0.25, 0.3) is 5.57 Å². The minimum absolute atomic E-state index is 0.156. The molecule has 0 amide bonds. The van der Waals surface area contributed by atoms with E-state index in [1.807, 2.05) is 7.05 Å². The number of benzene rings is 1. The van der Waals surface area contributed by atoms with Gasteiger partial charge in [-0.05, 0) is 56.4 Å². The zero-order chi connectivity index (χ0) is 16.2. The number of aryl methyl sites for hydroxylation is 2. The number of hydrogen-bond acceptors (Lipinski definition) is 3. The molecule has 3 nitrogen and oxygen atoms in total. The van der Waals surface area contributed by atoms with Crippen LogP contribution in [-0.2, 0) is 4.74 Å². The van der Waals surface area contributed by atoms with Crippen molar-refractivity contribution < 1.29 is 9.84 Å². The Morgan fingerprint density at radius 1 is 1.32 bits per heavy atom. The van der Waals surface area contributed by atoms with Crippen LogP contribution in [0.5, 0.6) is 0 Å². The van der Waals surface area contributed by atoms with Crippen molar-refractivity contribution in [2.45, 2.75) is 52.1 Å². The topological polar surface area (TPSA) is 41.5 Å². The van der Waals surface area contributed by atoms with E-state index in [-0.39, 0.29) is 12.2 Å². The predicted octanol–water partition coefficient (Wildman–Crippen LogP) is 4.07. The number of aliphatic hydroxyl groups excluding tert-OH is 1. The van der Waals surface area contributed by atoms with Crippen molar-refractivity contribution >= 4 is 11.3 Å². The molecule has 122 valence electrons. The summed E-state index contributed by atoms with van der Waals surface area (Å²) in [5.74, 6) is 0. The Kier molecular flexibility index (Phi) is 5.65. The van der Waals surface area contributed by atoms with E-state index in [1.165, 1.54) is 28.0 Å². The van der Waals surface area contributed by atoms with Crippen LogP contribution in [0.1, 0.15) is 49.3 Å². The molecule has 2 rings (SSSR count). The second-order valence-corrected chi connectivity index (χ2v) is 6.27. The fraction of sp³-hybridized carbons (Fsp3) is 0.579. The molecule has 1 aromatic carbocycles. The Morgan fingerprint density at radius 2 is 2.09 bits per heavy atom. The van der Waals surface area contributed by atoms with Gasteiger partial charge < -0.3 is 15.2 Å². The lowest BCUT2D eigenvalue weighted by Gasteiger charge is -2.29. The number of aliphatic hydroxyl groups is 1. The lowest BCUT2D eigenvalue weighted by Crippen LogP contribution is -2.30. The molecule has 0 spiro atoms. The van der Waals surface area contributed by atoms with Crippen molar-refractivity contribution in [1.82, 2.24) is 0 Å². The van der Waals surface area contributed by atoms with Crippen LogP contribution < -0.4 is 5.32 Å². The minimum atomic E-state index is -0.330. The highest BCUT2D eigenvalue weighted by Gasteiger charge is 2.29. The van der Waals surface area contributed by atoms with Crippen LogP contribution in [0.15, 0.2) is 18.2 Å². The summed E-state index contributed by atoms with van der Waals surface area (Å²) >= 11 is 0. The van der Waals surface area contributed by atoms with E-state index in [9.17, 15) is 5.11 Å². The van der Waals surface area contributed by atoms with Crippen molar-refractivity contribution in [2.24, 2.45) is 0 Å². The van der Waals surface area contributed by atoms with Crippen molar-refractivity contribution in [3.8, 4) is 0 Å². The van der Waals surface area contributed by atoms with Gasteiger partial charge in [-0.2, -0.15) is 0 Å². The Labute approximate surface area is 134 Å². The maximum absolute atomic E-state index is 9.43. The molecule has 0 aliphatic carbocycles. The standard InChI is InChI=1S/C19H29NO2/c1-5-19(8-9-21)13-16(7-6-10-22-19)17-12-14(2)11-15(3)18(17)20-4/h11-13,20-21H,5-10H2,1-4H3.